The van der Waals surface area contributed by atoms with E-state index < -0.39 is 17.9 Å². The van der Waals surface area contributed by atoms with Gasteiger partial charge in [0.1, 0.15) is 0 Å². The molecule has 0 radical (unpaired) electrons. The topological polar surface area (TPSA) is 163 Å². The van der Waals surface area contributed by atoms with Crippen LogP contribution in [0.4, 0.5) is 0 Å². The first-order chi connectivity index (χ1) is 22.0. The fourth-order valence-electron chi connectivity index (χ4n) is 6.60. The Morgan fingerprint density at radius 2 is 1.51 bits per heavy atom. The Kier molecular flexibility index (Phi) is 11.2. The Bertz CT molecular complexity index is 1310. The predicted octanol–water partition coefficient (Wildman–Crippen LogP) is 2.71. The molecule has 2 aliphatic heterocycles. The van der Waals surface area contributed by atoms with Gasteiger partial charge in [-0.2, -0.15) is 0 Å². The van der Waals surface area contributed by atoms with E-state index in [0.29, 0.717) is 17.9 Å². The van der Waals surface area contributed by atoms with E-state index >= 15 is 0 Å². The zero-order chi connectivity index (χ0) is 31.8. The minimum Gasteiger partial charge on any atom is -0.502 e. The molecule has 6 N–H and O–H groups in total. The number of carbonyl (C=O) groups is 2. The van der Waals surface area contributed by atoms with E-state index in [1.54, 1.807) is 12.1 Å². The maximum atomic E-state index is 13.3. The first-order valence-corrected chi connectivity index (χ1v) is 15.9. The zero-order valence-corrected chi connectivity index (χ0v) is 26.2. The third-order valence-electron chi connectivity index (χ3n) is 8.89. The lowest BCUT2D eigenvalue weighted by molar-refractivity contribution is -0.141. The van der Waals surface area contributed by atoms with Gasteiger partial charge in [0.15, 0.2) is 23.0 Å². The van der Waals surface area contributed by atoms with Crippen LogP contribution >= 0.6 is 0 Å². The van der Waals surface area contributed by atoms with Gasteiger partial charge in [0, 0.05) is 18.3 Å². The molecule has 1 amide bonds. The van der Waals surface area contributed by atoms with Crippen LogP contribution in [0.3, 0.4) is 0 Å². The lowest BCUT2D eigenvalue weighted by Crippen LogP contribution is -2.42. The molecular formula is C33H46N4O8. The molecule has 246 valence electrons. The molecule has 4 atom stereocenters. The number of unbranched alkanes of at least 4 members (excludes halogenated alkanes) is 2. The average Bonchev–Trinajstić information content (AvgIpc) is 3.67. The quantitative estimate of drug-likeness (QED) is 0.130. The van der Waals surface area contributed by atoms with Gasteiger partial charge < -0.3 is 50.5 Å². The third-order valence-corrected chi connectivity index (χ3v) is 8.89. The van der Waals surface area contributed by atoms with Crippen molar-refractivity contribution < 1.29 is 38.4 Å². The number of aromatic hydroxyl groups is 1. The first-order valence-electron chi connectivity index (χ1n) is 15.9. The largest absolute Gasteiger partial charge is 0.502 e. The van der Waals surface area contributed by atoms with E-state index in [4.69, 9.17) is 29.4 Å². The highest BCUT2D eigenvalue weighted by Gasteiger charge is 2.53. The SMILES string of the molecule is COc1cc(C2c3cc4c(cc3[C@@H](NC(=O)CCCCNCCCNCCCCN)C3COC(=O)[C@H]23)OCO4)cc(OC)c1O. The second-order valence-corrected chi connectivity index (χ2v) is 11.8. The lowest BCUT2D eigenvalue weighted by atomic mass is 9.65. The van der Waals surface area contributed by atoms with E-state index in [0.717, 1.165) is 81.5 Å². The molecular weight excluding hydrogens is 580 g/mol. The Balaban J connectivity index is 1.27. The van der Waals surface area contributed by atoms with Gasteiger partial charge in [-0.15, -0.1) is 0 Å². The van der Waals surface area contributed by atoms with Crippen LogP contribution in [0.25, 0.3) is 0 Å². The number of ether oxygens (including phenoxy) is 5. The highest BCUT2D eigenvalue weighted by Crippen LogP contribution is 2.55. The molecule has 5 rings (SSSR count). The number of hydrogen-bond donors (Lipinski definition) is 5. The van der Waals surface area contributed by atoms with Crippen molar-refractivity contribution in [1.29, 1.82) is 0 Å². The molecule has 0 aromatic heterocycles. The number of phenolic OH excluding ortho intramolecular Hbond substituents is 1. The predicted molar refractivity (Wildman–Crippen MR) is 167 cm³/mol. The Morgan fingerprint density at radius 3 is 2.16 bits per heavy atom. The number of fused-ring (bicyclic) bond motifs is 3. The molecule has 2 aromatic carbocycles. The zero-order valence-electron chi connectivity index (χ0n) is 26.2. The van der Waals surface area contributed by atoms with Gasteiger partial charge in [0.2, 0.25) is 18.4 Å². The summed E-state index contributed by atoms with van der Waals surface area (Å²) in [6.45, 7) is 4.78. The minimum absolute atomic E-state index is 0.0742. The van der Waals surface area contributed by atoms with Crippen LogP contribution < -0.4 is 40.6 Å². The van der Waals surface area contributed by atoms with Crippen molar-refractivity contribution in [2.45, 2.75) is 50.5 Å². The number of cyclic esters (lactones) is 1. The molecule has 0 bridgehead atoms. The second kappa shape index (κ2) is 15.5. The number of benzene rings is 2. The van der Waals surface area contributed by atoms with Gasteiger partial charge in [-0.3, -0.25) is 9.59 Å². The maximum Gasteiger partial charge on any atom is 0.310 e. The molecule has 2 unspecified atom stereocenters. The molecule has 2 heterocycles. The number of nitrogens with one attached hydrogen (secondary N) is 3. The first kappa shape index (κ1) is 32.6. The van der Waals surface area contributed by atoms with Crippen LogP contribution in [-0.2, 0) is 14.3 Å². The van der Waals surface area contributed by atoms with Crippen LogP contribution in [-0.4, -0.2) is 77.3 Å². The summed E-state index contributed by atoms with van der Waals surface area (Å²) in [5.41, 5.74) is 7.90. The Morgan fingerprint density at radius 1 is 0.889 bits per heavy atom. The molecule has 0 spiro atoms. The van der Waals surface area contributed by atoms with Crippen molar-refractivity contribution in [2.24, 2.45) is 17.6 Å². The molecule has 12 nitrogen and oxygen atoms in total. The monoisotopic (exact) mass is 626 g/mol. The summed E-state index contributed by atoms with van der Waals surface area (Å²) in [6, 6.07) is 6.77. The standard InChI is InChI=1S/C33H46N4O8/c1-41-26-14-20(15-27(42-2)32(26)39)29-21-16-24-25(45-19-44-24)17-22(21)31(23-18-43-33(40)30(23)29)37-28(38)8-3-5-10-35-12-7-13-36-11-6-4-9-34/h14-17,23,29-31,35-36,39H,3-13,18-19,34H2,1-2H3,(H,37,38)/t23?,29?,30-,31+/m0/s1. The molecule has 1 saturated heterocycles. The third kappa shape index (κ3) is 7.40. The fraction of sp³-hybridized carbons (Fsp3) is 0.576. The van der Waals surface area contributed by atoms with Crippen molar-refractivity contribution in [1.82, 2.24) is 16.0 Å². The fourth-order valence-corrected chi connectivity index (χ4v) is 6.60. The van der Waals surface area contributed by atoms with Crippen LogP contribution in [0, 0.1) is 11.8 Å². The van der Waals surface area contributed by atoms with E-state index in [1.165, 1.54) is 14.2 Å². The number of nitrogens with two attached hydrogens (primary N) is 1. The van der Waals surface area contributed by atoms with Crippen LogP contribution in [0.15, 0.2) is 24.3 Å². The number of esters is 1. The number of carbonyl (C=O) groups excluding carboxylic acids is 2. The van der Waals surface area contributed by atoms with E-state index in [9.17, 15) is 14.7 Å². The highest BCUT2D eigenvalue weighted by molar-refractivity contribution is 5.81. The van der Waals surface area contributed by atoms with Gasteiger partial charge in [-0.1, -0.05) is 0 Å². The van der Waals surface area contributed by atoms with Gasteiger partial charge in [-0.05, 0) is 106 Å². The Hall–Kier alpha value is -3.74. The summed E-state index contributed by atoms with van der Waals surface area (Å²) >= 11 is 0. The van der Waals surface area contributed by atoms with Gasteiger partial charge in [-0.25, -0.2) is 0 Å². The van der Waals surface area contributed by atoms with Gasteiger partial charge in [0.25, 0.3) is 0 Å². The van der Waals surface area contributed by atoms with Crippen LogP contribution in [0.2, 0.25) is 0 Å². The summed E-state index contributed by atoms with van der Waals surface area (Å²) in [4.78, 5) is 26.6. The average molecular weight is 627 g/mol. The summed E-state index contributed by atoms with van der Waals surface area (Å²) < 4.78 is 27.9. The molecule has 45 heavy (non-hydrogen) atoms. The van der Waals surface area contributed by atoms with Crippen LogP contribution in [0.1, 0.15) is 67.2 Å². The smallest absolute Gasteiger partial charge is 0.310 e. The normalized spacial score (nSPS) is 21.2. The number of methoxy groups -OCH3 is 2. The lowest BCUT2D eigenvalue weighted by Gasteiger charge is -2.39. The molecule has 12 heteroatoms. The number of phenols is 1. The summed E-state index contributed by atoms with van der Waals surface area (Å²) in [5.74, 6) is -0.263. The van der Waals surface area contributed by atoms with Crippen molar-refractivity contribution in [3.63, 3.8) is 0 Å². The number of hydrogen-bond acceptors (Lipinski definition) is 11. The molecule has 0 saturated carbocycles. The number of rotatable bonds is 17. The molecule has 2 aromatic rings. The van der Waals surface area contributed by atoms with Gasteiger partial charge >= 0.3 is 5.97 Å². The van der Waals surface area contributed by atoms with E-state index in [-0.39, 0.29) is 48.4 Å². The second-order valence-electron chi connectivity index (χ2n) is 11.8. The van der Waals surface area contributed by atoms with Gasteiger partial charge in [0.05, 0.1) is 32.8 Å². The summed E-state index contributed by atoms with van der Waals surface area (Å²) in [7, 11) is 2.92. The van der Waals surface area contributed by atoms with Crippen molar-refractivity contribution >= 4 is 11.9 Å². The molecule has 1 fully saturated rings. The van der Waals surface area contributed by atoms with Crippen molar-refractivity contribution in [3.05, 3.63) is 41.0 Å². The van der Waals surface area contributed by atoms with Crippen molar-refractivity contribution in [2.75, 3.05) is 60.3 Å². The van der Waals surface area contributed by atoms with Crippen molar-refractivity contribution in [3.8, 4) is 28.7 Å². The summed E-state index contributed by atoms with van der Waals surface area (Å²) in [6.07, 6.45) is 5.22. The molecule has 3 aliphatic rings. The summed E-state index contributed by atoms with van der Waals surface area (Å²) in [5, 5.41) is 20.7. The van der Waals surface area contributed by atoms with E-state index in [1.807, 2.05) is 12.1 Å². The number of amides is 1. The Labute approximate surface area is 264 Å². The van der Waals surface area contributed by atoms with E-state index in [2.05, 4.69) is 16.0 Å². The molecule has 1 aliphatic carbocycles. The van der Waals surface area contributed by atoms with Crippen LogP contribution in [0.5, 0.6) is 28.7 Å². The highest BCUT2D eigenvalue weighted by atomic mass is 16.7. The maximum absolute atomic E-state index is 13.3. The minimum atomic E-state index is -0.582.